The number of hydrogen-bond donors (Lipinski definition) is 1. The van der Waals surface area contributed by atoms with Crippen molar-refractivity contribution in [2.24, 2.45) is 0 Å². The molecule has 0 saturated carbocycles. The lowest BCUT2D eigenvalue weighted by molar-refractivity contribution is -0.116. The number of rotatable bonds is 8. The van der Waals surface area contributed by atoms with Gasteiger partial charge in [0.1, 0.15) is 23.9 Å². The molecule has 24 heavy (non-hydrogen) atoms. The van der Waals surface area contributed by atoms with Crippen LogP contribution >= 0.6 is 0 Å². The van der Waals surface area contributed by atoms with Gasteiger partial charge in [0, 0.05) is 11.6 Å². The number of halogens is 1. The summed E-state index contributed by atoms with van der Waals surface area (Å²) in [7, 11) is 0. The maximum absolute atomic E-state index is 13.4. The molecule has 2 aromatic rings. The molecule has 0 fully saturated rings. The third-order valence-electron chi connectivity index (χ3n) is 3.12. The highest BCUT2D eigenvalue weighted by Crippen LogP contribution is 2.17. The fourth-order valence-corrected chi connectivity index (χ4v) is 1.98. The topological polar surface area (TPSA) is 47.6 Å². The molecular weight excluding hydrogens is 309 g/mol. The summed E-state index contributed by atoms with van der Waals surface area (Å²) in [5, 5.41) is 2.68. The van der Waals surface area contributed by atoms with Crippen LogP contribution in [0.15, 0.2) is 54.6 Å². The largest absolute Gasteiger partial charge is 0.494 e. The van der Waals surface area contributed by atoms with Gasteiger partial charge in [0.15, 0.2) is 0 Å². The van der Waals surface area contributed by atoms with E-state index >= 15 is 0 Å². The van der Waals surface area contributed by atoms with Gasteiger partial charge in [-0.1, -0.05) is 18.2 Å². The highest BCUT2D eigenvalue weighted by Gasteiger charge is 1.99. The Morgan fingerprint density at radius 1 is 1.08 bits per heavy atom. The normalized spacial score (nSPS) is 10.6. The number of amides is 1. The zero-order valence-electron chi connectivity index (χ0n) is 13.5. The van der Waals surface area contributed by atoms with E-state index in [0.29, 0.717) is 31.1 Å². The van der Waals surface area contributed by atoms with E-state index < -0.39 is 0 Å². The van der Waals surface area contributed by atoms with Gasteiger partial charge < -0.3 is 14.8 Å². The minimum absolute atomic E-state index is 0.298. The van der Waals surface area contributed by atoms with Crippen LogP contribution in [-0.2, 0) is 4.79 Å². The van der Waals surface area contributed by atoms with E-state index in [1.165, 1.54) is 18.2 Å². The van der Waals surface area contributed by atoms with E-state index in [4.69, 9.17) is 9.47 Å². The number of nitrogens with one attached hydrogen (secondary N) is 1. The number of benzene rings is 2. The standard InChI is InChI=1S/C19H20FNO3/c1-2-23-16-8-10-17(11-9-16)24-14-13-21-19(22)12-7-15-5-3-4-6-18(15)20/h3-12H,2,13-14H2,1H3,(H,21,22)/b12-7+. The van der Waals surface area contributed by atoms with Crippen LogP contribution in [-0.4, -0.2) is 25.7 Å². The van der Waals surface area contributed by atoms with Gasteiger partial charge in [0.05, 0.1) is 13.2 Å². The zero-order valence-corrected chi connectivity index (χ0v) is 13.5. The third-order valence-corrected chi connectivity index (χ3v) is 3.12. The van der Waals surface area contributed by atoms with Crippen LogP contribution in [0.5, 0.6) is 11.5 Å². The molecule has 1 amide bonds. The average Bonchev–Trinajstić information content (AvgIpc) is 2.60. The lowest BCUT2D eigenvalue weighted by atomic mass is 10.2. The van der Waals surface area contributed by atoms with Gasteiger partial charge in [-0.3, -0.25) is 4.79 Å². The third kappa shape index (κ3) is 5.76. The van der Waals surface area contributed by atoms with E-state index in [1.807, 2.05) is 31.2 Å². The number of carbonyl (C=O) groups excluding carboxylic acids is 1. The van der Waals surface area contributed by atoms with Crippen LogP contribution in [0.4, 0.5) is 4.39 Å². The van der Waals surface area contributed by atoms with Crippen molar-refractivity contribution in [1.29, 1.82) is 0 Å². The summed E-state index contributed by atoms with van der Waals surface area (Å²) < 4.78 is 24.3. The summed E-state index contributed by atoms with van der Waals surface area (Å²) in [6.07, 6.45) is 2.74. The number of ether oxygens (including phenoxy) is 2. The Bertz CT molecular complexity index is 683. The van der Waals surface area contributed by atoms with Gasteiger partial charge in [0.25, 0.3) is 0 Å². The molecule has 1 N–H and O–H groups in total. The Balaban J connectivity index is 1.70. The minimum atomic E-state index is -0.361. The molecule has 126 valence electrons. The maximum atomic E-state index is 13.4. The van der Waals surface area contributed by atoms with Crippen LogP contribution < -0.4 is 14.8 Å². The SMILES string of the molecule is CCOc1ccc(OCCNC(=O)/C=C/c2ccccc2F)cc1. The molecule has 0 aliphatic heterocycles. The van der Waals surface area contributed by atoms with Crippen molar-refractivity contribution < 1.29 is 18.7 Å². The van der Waals surface area contributed by atoms with E-state index in [9.17, 15) is 9.18 Å². The van der Waals surface area contributed by atoms with Gasteiger partial charge in [-0.2, -0.15) is 0 Å². The minimum Gasteiger partial charge on any atom is -0.494 e. The average molecular weight is 329 g/mol. The molecule has 0 saturated heterocycles. The predicted molar refractivity (Wildman–Crippen MR) is 91.5 cm³/mol. The summed E-state index contributed by atoms with van der Waals surface area (Å²) >= 11 is 0. The van der Waals surface area contributed by atoms with Gasteiger partial charge >= 0.3 is 0 Å². The lowest BCUT2D eigenvalue weighted by Crippen LogP contribution is -2.26. The van der Waals surface area contributed by atoms with E-state index in [0.717, 1.165) is 5.75 Å². The van der Waals surface area contributed by atoms with E-state index in [-0.39, 0.29) is 11.7 Å². The van der Waals surface area contributed by atoms with Crippen LogP contribution in [0.25, 0.3) is 6.08 Å². The Hall–Kier alpha value is -2.82. The van der Waals surface area contributed by atoms with Crippen LogP contribution in [0.3, 0.4) is 0 Å². The highest BCUT2D eigenvalue weighted by atomic mass is 19.1. The van der Waals surface area contributed by atoms with Crippen LogP contribution in [0, 0.1) is 5.82 Å². The van der Waals surface area contributed by atoms with Gasteiger partial charge in [-0.05, 0) is 43.3 Å². The summed E-state index contributed by atoms with van der Waals surface area (Å²) in [5.41, 5.74) is 0.373. The first-order valence-electron chi connectivity index (χ1n) is 7.75. The molecular formula is C19H20FNO3. The van der Waals surface area contributed by atoms with Crippen LogP contribution in [0.1, 0.15) is 12.5 Å². The second kappa shape index (κ2) is 9.35. The van der Waals surface area contributed by atoms with Crippen molar-refractivity contribution in [3.63, 3.8) is 0 Å². The molecule has 0 spiro atoms. The predicted octanol–water partition coefficient (Wildman–Crippen LogP) is 3.43. The van der Waals surface area contributed by atoms with E-state index in [1.54, 1.807) is 18.2 Å². The molecule has 0 unspecified atom stereocenters. The quantitative estimate of drug-likeness (QED) is 0.596. The smallest absolute Gasteiger partial charge is 0.244 e. The number of hydrogen-bond acceptors (Lipinski definition) is 3. The summed E-state index contributed by atoms with van der Waals surface area (Å²) in [4.78, 5) is 11.7. The molecule has 0 aliphatic rings. The molecule has 2 aromatic carbocycles. The van der Waals surface area contributed by atoms with Crippen molar-refractivity contribution >= 4 is 12.0 Å². The molecule has 4 nitrogen and oxygen atoms in total. The highest BCUT2D eigenvalue weighted by molar-refractivity contribution is 5.91. The molecule has 0 radical (unpaired) electrons. The Labute approximate surface area is 140 Å². The molecule has 5 heteroatoms. The fraction of sp³-hybridized carbons (Fsp3) is 0.211. The molecule has 0 aliphatic carbocycles. The maximum Gasteiger partial charge on any atom is 0.244 e. The second-order valence-electron chi connectivity index (χ2n) is 4.90. The Kier molecular flexibility index (Phi) is 6.83. The molecule has 0 bridgehead atoms. The van der Waals surface area contributed by atoms with Gasteiger partial charge in [0.2, 0.25) is 5.91 Å². The van der Waals surface area contributed by atoms with Crippen molar-refractivity contribution in [3.8, 4) is 11.5 Å². The van der Waals surface area contributed by atoms with Crippen LogP contribution in [0.2, 0.25) is 0 Å². The van der Waals surface area contributed by atoms with Crippen molar-refractivity contribution in [1.82, 2.24) is 5.32 Å². The van der Waals surface area contributed by atoms with Crippen molar-refractivity contribution in [3.05, 3.63) is 66.0 Å². The van der Waals surface area contributed by atoms with E-state index in [2.05, 4.69) is 5.32 Å². The van der Waals surface area contributed by atoms with Crippen molar-refractivity contribution in [2.75, 3.05) is 19.8 Å². The first-order valence-corrected chi connectivity index (χ1v) is 7.75. The molecule has 2 rings (SSSR count). The zero-order chi connectivity index (χ0) is 17.2. The molecule has 0 aromatic heterocycles. The Morgan fingerprint density at radius 3 is 2.42 bits per heavy atom. The van der Waals surface area contributed by atoms with Gasteiger partial charge in [-0.25, -0.2) is 4.39 Å². The fourth-order valence-electron chi connectivity index (χ4n) is 1.98. The lowest BCUT2D eigenvalue weighted by Gasteiger charge is -2.08. The summed E-state index contributed by atoms with van der Waals surface area (Å²) in [5.74, 6) is 0.833. The Morgan fingerprint density at radius 2 is 1.75 bits per heavy atom. The summed E-state index contributed by atoms with van der Waals surface area (Å²) in [6.45, 7) is 3.24. The van der Waals surface area contributed by atoms with Gasteiger partial charge in [-0.15, -0.1) is 0 Å². The summed E-state index contributed by atoms with van der Waals surface area (Å²) in [6, 6.07) is 13.5. The molecule has 0 atom stereocenters. The van der Waals surface area contributed by atoms with Crippen molar-refractivity contribution in [2.45, 2.75) is 6.92 Å². The first-order chi connectivity index (χ1) is 11.7. The molecule has 0 heterocycles. The number of carbonyl (C=O) groups is 1. The first kappa shape index (κ1) is 17.5. The monoisotopic (exact) mass is 329 g/mol. The second-order valence-corrected chi connectivity index (χ2v) is 4.90.